The van der Waals surface area contributed by atoms with E-state index in [2.05, 4.69) is 4.99 Å². The van der Waals surface area contributed by atoms with Crippen molar-refractivity contribution in [2.24, 2.45) is 4.99 Å². The molecule has 0 radical (unpaired) electrons. The molecule has 0 fully saturated rings. The van der Waals surface area contributed by atoms with Gasteiger partial charge in [-0.1, -0.05) is 0 Å². The Bertz CT molecular complexity index is 509. The van der Waals surface area contributed by atoms with Gasteiger partial charge in [-0.05, 0) is 25.3 Å². The molecule has 0 bridgehead atoms. The van der Waals surface area contributed by atoms with E-state index >= 15 is 0 Å². The van der Waals surface area contributed by atoms with Crippen LogP contribution in [-0.2, 0) is 4.79 Å². The van der Waals surface area contributed by atoms with E-state index in [1.165, 1.54) is 26.1 Å². The van der Waals surface area contributed by atoms with Gasteiger partial charge in [0.15, 0.2) is 5.78 Å². The highest BCUT2D eigenvalue weighted by Gasteiger charge is 2.11. The quantitative estimate of drug-likeness (QED) is 0.490. The first-order valence-electron chi connectivity index (χ1n) is 4.69. The fourth-order valence-electron chi connectivity index (χ4n) is 1.14. The smallest absolute Gasteiger partial charge is 0.348 e. The van der Waals surface area contributed by atoms with Gasteiger partial charge in [-0.25, -0.2) is 4.79 Å². The lowest BCUT2D eigenvalue weighted by Crippen LogP contribution is -2.01. The third kappa shape index (κ3) is 3.25. The topological polar surface area (TPSA) is 87.0 Å². The molecule has 5 nitrogen and oxygen atoms in total. The van der Waals surface area contributed by atoms with Gasteiger partial charge < -0.3 is 10.2 Å². The Balaban J connectivity index is 3.06. The molecule has 1 rings (SSSR count). The molecule has 1 aromatic rings. The van der Waals surface area contributed by atoms with Gasteiger partial charge in [0.2, 0.25) is 0 Å². The number of carboxylic acids is 1. The molecule has 0 atom stereocenters. The van der Waals surface area contributed by atoms with E-state index in [1.54, 1.807) is 5.38 Å². The molecule has 1 aromatic heterocycles. The molecule has 2 N–H and O–H groups in total. The lowest BCUT2D eigenvalue weighted by atomic mass is 10.2. The minimum absolute atomic E-state index is 0.0625. The molecule has 0 spiro atoms. The van der Waals surface area contributed by atoms with Gasteiger partial charge in [-0.15, -0.1) is 11.3 Å². The third-order valence-electron chi connectivity index (χ3n) is 1.94. The second-order valence-corrected chi connectivity index (χ2v) is 4.17. The van der Waals surface area contributed by atoms with Crippen molar-refractivity contribution >= 4 is 35.0 Å². The highest BCUT2D eigenvalue weighted by molar-refractivity contribution is 7.12. The molecule has 0 unspecified atom stereocenters. The average Bonchev–Trinajstić information content (AvgIpc) is 2.64. The van der Waals surface area contributed by atoms with Crippen LogP contribution in [0.1, 0.15) is 23.5 Å². The maximum absolute atomic E-state index is 11.1. The van der Waals surface area contributed by atoms with Crippen molar-refractivity contribution < 1.29 is 19.8 Å². The van der Waals surface area contributed by atoms with Crippen molar-refractivity contribution in [2.45, 2.75) is 13.8 Å². The number of carbonyl (C=O) groups excluding carboxylic acids is 1. The van der Waals surface area contributed by atoms with E-state index < -0.39 is 5.97 Å². The van der Waals surface area contributed by atoms with E-state index in [4.69, 9.17) is 5.11 Å². The van der Waals surface area contributed by atoms with E-state index in [-0.39, 0.29) is 27.7 Å². The summed E-state index contributed by atoms with van der Waals surface area (Å²) in [5, 5.41) is 19.7. The summed E-state index contributed by atoms with van der Waals surface area (Å²) in [5.74, 6) is -1.55. The molecule has 0 saturated carbocycles. The Labute approximate surface area is 102 Å². The Hall–Kier alpha value is -1.95. The van der Waals surface area contributed by atoms with Crippen molar-refractivity contribution in [2.75, 3.05) is 0 Å². The zero-order valence-corrected chi connectivity index (χ0v) is 10.1. The summed E-state index contributed by atoms with van der Waals surface area (Å²) in [6, 6.07) is 1.54. The third-order valence-corrected chi connectivity index (χ3v) is 2.83. The maximum atomic E-state index is 11.1. The summed E-state index contributed by atoms with van der Waals surface area (Å²) in [4.78, 5) is 25.9. The van der Waals surface area contributed by atoms with E-state index in [1.807, 2.05) is 0 Å². The van der Waals surface area contributed by atoms with Crippen LogP contribution >= 0.6 is 11.3 Å². The lowest BCUT2D eigenvalue weighted by molar-refractivity contribution is -0.113. The fourth-order valence-corrected chi connectivity index (χ4v) is 1.81. The Morgan fingerprint density at radius 1 is 1.35 bits per heavy atom. The molecule has 1 heterocycles. The number of aliphatic hydroxyl groups is 1. The van der Waals surface area contributed by atoms with Crippen LogP contribution in [0.4, 0.5) is 5.69 Å². The molecule has 0 aliphatic rings. The van der Waals surface area contributed by atoms with Crippen LogP contribution in [0.15, 0.2) is 27.8 Å². The number of allylic oxidation sites excluding steroid dienone is 2. The van der Waals surface area contributed by atoms with Crippen molar-refractivity contribution in [1.29, 1.82) is 0 Å². The highest BCUT2D eigenvalue weighted by Crippen LogP contribution is 2.25. The number of carboxylic acid groups (broad SMARTS) is 1. The molecule has 6 heteroatoms. The van der Waals surface area contributed by atoms with Gasteiger partial charge in [0.05, 0.1) is 11.3 Å². The van der Waals surface area contributed by atoms with Crippen molar-refractivity contribution in [3.8, 4) is 0 Å². The van der Waals surface area contributed by atoms with Crippen molar-refractivity contribution in [3.63, 3.8) is 0 Å². The summed E-state index contributed by atoms with van der Waals surface area (Å²) in [6.45, 7) is 2.67. The predicted octanol–water partition coefficient (Wildman–Crippen LogP) is 2.57. The highest BCUT2D eigenvalue weighted by atomic mass is 32.1. The molecule has 0 aromatic carbocycles. The first-order chi connectivity index (χ1) is 7.93. The molecule has 0 aliphatic heterocycles. The first-order valence-corrected chi connectivity index (χ1v) is 5.57. The number of hydrogen-bond donors (Lipinski definition) is 2. The van der Waals surface area contributed by atoms with Crippen LogP contribution in [0, 0.1) is 0 Å². The summed E-state index contributed by atoms with van der Waals surface area (Å²) in [5.41, 5.74) is 0.329. The monoisotopic (exact) mass is 253 g/mol. The summed E-state index contributed by atoms with van der Waals surface area (Å²) in [6.07, 6.45) is 1.17. The SMILES string of the molecule is CC(=O)/C(C=Nc1ccsc1C(=O)O)=C(\C)O. The molecule has 90 valence electrons. The predicted molar refractivity (Wildman–Crippen MR) is 65.4 cm³/mol. The van der Waals surface area contributed by atoms with Crippen LogP contribution in [0.5, 0.6) is 0 Å². The average molecular weight is 253 g/mol. The zero-order valence-electron chi connectivity index (χ0n) is 9.30. The fraction of sp³-hybridized carbons (Fsp3) is 0.182. The number of aliphatic imine (C=N–C) groups is 1. The largest absolute Gasteiger partial charge is 0.512 e. The van der Waals surface area contributed by atoms with Gasteiger partial charge in [-0.2, -0.15) is 0 Å². The molecule has 0 saturated heterocycles. The standard InChI is InChI=1S/C11H11NO4S/c1-6(13)8(7(2)14)5-12-9-3-4-17-10(9)11(15)16/h3-5,13H,1-2H3,(H,15,16)/b8-6+,12-5?. The van der Waals surface area contributed by atoms with Crippen LogP contribution in [0.3, 0.4) is 0 Å². The van der Waals surface area contributed by atoms with E-state index in [9.17, 15) is 14.7 Å². The maximum Gasteiger partial charge on any atom is 0.348 e. The van der Waals surface area contributed by atoms with Gasteiger partial charge in [0, 0.05) is 6.21 Å². The van der Waals surface area contributed by atoms with Crippen LogP contribution in [-0.4, -0.2) is 28.2 Å². The molecule has 0 amide bonds. The van der Waals surface area contributed by atoms with Gasteiger partial charge in [0.1, 0.15) is 10.6 Å². The van der Waals surface area contributed by atoms with Crippen LogP contribution in [0.2, 0.25) is 0 Å². The number of thiophene rings is 1. The normalized spacial score (nSPS) is 12.6. The number of carbonyl (C=O) groups is 2. The summed E-state index contributed by atoms with van der Waals surface area (Å²) < 4.78 is 0. The number of aliphatic hydroxyl groups excluding tert-OH is 1. The Kier molecular flexibility index (Phi) is 4.17. The number of ketones is 1. The second kappa shape index (κ2) is 5.40. The minimum Gasteiger partial charge on any atom is -0.512 e. The number of aromatic carboxylic acids is 1. The number of rotatable bonds is 4. The number of hydrogen-bond acceptors (Lipinski definition) is 5. The molecular formula is C11H11NO4S. The van der Waals surface area contributed by atoms with Gasteiger partial charge in [0.25, 0.3) is 0 Å². The van der Waals surface area contributed by atoms with E-state index in [0.717, 1.165) is 11.3 Å². The van der Waals surface area contributed by atoms with Gasteiger partial charge >= 0.3 is 5.97 Å². The molecular weight excluding hydrogens is 242 g/mol. The van der Waals surface area contributed by atoms with Crippen LogP contribution < -0.4 is 0 Å². The van der Waals surface area contributed by atoms with E-state index in [0.29, 0.717) is 0 Å². The molecule has 17 heavy (non-hydrogen) atoms. The Morgan fingerprint density at radius 3 is 2.47 bits per heavy atom. The van der Waals surface area contributed by atoms with Gasteiger partial charge in [-0.3, -0.25) is 9.79 Å². The molecule has 0 aliphatic carbocycles. The Morgan fingerprint density at radius 2 is 2.00 bits per heavy atom. The number of nitrogens with zero attached hydrogens (tertiary/aromatic N) is 1. The second-order valence-electron chi connectivity index (χ2n) is 3.25. The van der Waals surface area contributed by atoms with Crippen LogP contribution in [0.25, 0.3) is 0 Å². The number of Topliss-reactive ketones (excluding diaryl/α,β-unsaturated/α-hetero) is 1. The zero-order chi connectivity index (χ0) is 13.0. The minimum atomic E-state index is -1.07. The summed E-state index contributed by atoms with van der Waals surface area (Å²) in [7, 11) is 0. The first kappa shape index (κ1) is 13.1. The summed E-state index contributed by atoms with van der Waals surface area (Å²) >= 11 is 1.05. The van der Waals surface area contributed by atoms with Crippen molar-refractivity contribution in [3.05, 3.63) is 27.7 Å². The lowest BCUT2D eigenvalue weighted by Gasteiger charge is -1.97. The van der Waals surface area contributed by atoms with Crippen molar-refractivity contribution in [1.82, 2.24) is 0 Å².